The first-order valence-electron chi connectivity index (χ1n) is 8.07. The van der Waals surface area contributed by atoms with Crippen LogP contribution in [0.15, 0.2) is 28.8 Å². The monoisotopic (exact) mass is 367 g/mol. The summed E-state index contributed by atoms with van der Waals surface area (Å²) in [4.78, 5) is 11.9. The molecular formula is C18H26ClN3O3. The molecule has 1 aromatic heterocycles. The molecule has 2 N–H and O–H groups in total. The maximum atomic E-state index is 11.9. The van der Waals surface area contributed by atoms with Crippen molar-refractivity contribution >= 4 is 18.3 Å². The molecule has 0 radical (unpaired) electrons. The zero-order valence-electron chi connectivity index (χ0n) is 15.1. The first-order chi connectivity index (χ1) is 11.5. The zero-order valence-corrected chi connectivity index (χ0v) is 15.9. The third-order valence-corrected chi connectivity index (χ3v) is 3.95. The highest BCUT2D eigenvalue weighted by molar-refractivity contribution is 5.85. The highest BCUT2D eigenvalue weighted by Crippen LogP contribution is 2.18. The van der Waals surface area contributed by atoms with E-state index >= 15 is 0 Å². The van der Waals surface area contributed by atoms with E-state index in [0.29, 0.717) is 19.6 Å². The van der Waals surface area contributed by atoms with E-state index in [0.717, 1.165) is 28.3 Å². The summed E-state index contributed by atoms with van der Waals surface area (Å²) in [6.07, 6.45) is 0.362. The molecule has 6 nitrogen and oxygen atoms in total. The van der Waals surface area contributed by atoms with Crippen LogP contribution < -0.4 is 15.4 Å². The summed E-state index contributed by atoms with van der Waals surface area (Å²) in [5.74, 6) is 1.54. The quantitative estimate of drug-likeness (QED) is 0.749. The van der Waals surface area contributed by atoms with Crippen molar-refractivity contribution in [3.05, 3.63) is 46.8 Å². The second kappa shape index (κ2) is 10.1. The molecule has 25 heavy (non-hydrogen) atoms. The molecule has 138 valence electrons. The van der Waals surface area contributed by atoms with E-state index in [4.69, 9.17) is 9.26 Å². The summed E-state index contributed by atoms with van der Waals surface area (Å²) in [6, 6.07) is 7.82. The largest absolute Gasteiger partial charge is 0.489 e. The van der Waals surface area contributed by atoms with Crippen LogP contribution in [0.5, 0.6) is 5.75 Å². The van der Waals surface area contributed by atoms with Gasteiger partial charge in [-0.15, -0.1) is 12.4 Å². The molecule has 0 spiro atoms. The number of aryl methyl sites for hydroxylation is 2. The van der Waals surface area contributed by atoms with Gasteiger partial charge in [-0.3, -0.25) is 4.79 Å². The van der Waals surface area contributed by atoms with Gasteiger partial charge in [0, 0.05) is 12.6 Å². The Morgan fingerprint density at radius 2 is 1.96 bits per heavy atom. The summed E-state index contributed by atoms with van der Waals surface area (Å²) < 4.78 is 10.9. The highest BCUT2D eigenvalue weighted by Gasteiger charge is 2.10. The number of carbonyl (C=O) groups is 1. The molecule has 1 amide bonds. The SMILES string of the molecule is CNC(C)CNC(=O)Cc1ccc(OCc2c(C)noc2C)cc1.Cl. The lowest BCUT2D eigenvalue weighted by molar-refractivity contribution is -0.120. The van der Waals surface area contributed by atoms with Crippen LogP contribution in [0.2, 0.25) is 0 Å². The molecule has 1 atom stereocenters. The summed E-state index contributed by atoms with van der Waals surface area (Å²) in [6.45, 7) is 6.82. The van der Waals surface area contributed by atoms with E-state index in [1.165, 1.54) is 0 Å². The number of nitrogens with zero attached hydrogens (tertiary/aromatic N) is 1. The smallest absolute Gasteiger partial charge is 0.224 e. The van der Waals surface area contributed by atoms with Gasteiger partial charge in [-0.1, -0.05) is 17.3 Å². The molecule has 1 aromatic carbocycles. The molecule has 0 saturated heterocycles. The van der Waals surface area contributed by atoms with E-state index < -0.39 is 0 Å². The zero-order chi connectivity index (χ0) is 17.5. The van der Waals surface area contributed by atoms with Gasteiger partial charge >= 0.3 is 0 Å². The number of nitrogens with one attached hydrogen (secondary N) is 2. The fourth-order valence-corrected chi connectivity index (χ4v) is 2.18. The van der Waals surface area contributed by atoms with Crippen molar-refractivity contribution in [2.45, 2.75) is 39.8 Å². The third-order valence-electron chi connectivity index (χ3n) is 3.95. The van der Waals surface area contributed by atoms with E-state index in [-0.39, 0.29) is 24.4 Å². The van der Waals surface area contributed by atoms with Crippen molar-refractivity contribution in [1.29, 1.82) is 0 Å². The standard InChI is InChI=1S/C18H25N3O3.ClH/c1-12(19-4)10-20-18(22)9-15-5-7-16(8-6-15)23-11-17-13(2)21-24-14(17)3;/h5-8,12,19H,9-11H2,1-4H3,(H,20,22);1H. The van der Waals surface area contributed by atoms with Crippen molar-refractivity contribution in [1.82, 2.24) is 15.8 Å². The van der Waals surface area contributed by atoms with Gasteiger partial charge in [-0.2, -0.15) is 0 Å². The topological polar surface area (TPSA) is 76.4 Å². The van der Waals surface area contributed by atoms with E-state index in [1.54, 1.807) is 0 Å². The highest BCUT2D eigenvalue weighted by atomic mass is 35.5. The molecule has 0 bridgehead atoms. The Kier molecular flexibility index (Phi) is 8.45. The van der Waals surface area contributed by atoms with Crippen LogP contribution in [0.25, 0.3) is 0 Å². The second-order valence-electron chi connectivity index (χ2n) is 5.91. The molecular weight excluding hydrogens is 342 g/mol. The Morgan fingerprint density at radius 3 is 2.52 bits per heavy atom. The van der Waals surface area contributed by atoms with Crippen LogP contribution in [0, 0.1) is 13.8 Å². The molecule has 0 saturated carbocycles. The van der Waals surface area contributed by atoms with Gasteiger partial charge in [0.1, 0.15) is 18.1 Å². The number of ether oxygens (including phenoxy) is 1. The minimum atomic E-state index is 0. The number of benzene rings is 1. The fraction of sp³-hybridized carbons (Fsp3) is 0.444. The Balaban J connectivity index is 0.00000312. The molecule has 0 aliphatic heterocycles. The Labute approximate surface area is 154 Å². The van der Waals surface area contributed by atoms with Gasteiger partial charge in [0.2, 0.25) is 5.91 Å². The lowest BCUT2D eigenvalue weighted by Crippen LogP contribution is -2.37. The van der Waals surface area contributed by atoms with Crippen LogP contribution in [0.4, 0.5) is 0 Å². The molecule has 2 rings (SSSR count). The predicted molar refractivity (Wildman–Crippen MR) is 99.2 cm³/mol. The number of likely N-dealkylation sites (N-methyl/N-ethyl adjacent to an activating group) is 1. The van der Waals surface area contributed by atoms with Crippen LogP contribution in [-0.4, -0.2) is 30.7 Å². The summed E-state index contributed by atoms with van der Waals surface area (Å²) in [5.41, 5.74) is 2.77. The van der Waals surface area contributed by atoms with Gasteiger partial charge in [-0.05, 0) is 45.5 Å². The average molecular weight is 368 g/mol. The number of rotatable bonds is 8. The molecule has 0 aliphatic rings. The number of amides is 1. The Hall–Kier alpha value is -2.05. The first-order valence-corrected chi connectivity index (χ1v) is 8.07. The first kappa shape index (κ1) is 21.0. The molecule has 2 aromatic rings. The van der Waals surface area contributed by atoms with Gasteiger partial charge in [-0.25, -0.2) is 0 Å². The third kappa shape index (κ3) is 6.40. The van der Waals surface area contributed by atoms with Crippen molar-refractivity contribution in [3.8, 4) is 5.75 Å². The van der Waals surface area contributed by atoms with E-state index in [9.17, 15) is 4.79 Å². The lowest BCUT2D eigenvalue weighted by Gasteiger charge is -2.11. The minimum Gasteiger partial charge on any atom is -0.489 e. The van der Waals surface area contributed by atoms with Crippen molar-refractivity contribution in [2.24, 2.45) is 0 Å². The van der Waals surface area contributed by atoms with Crippen LogP contribution in [-0.2, 0) is 17.8 Å². The lowest BCUT2D eigenvalue weighted by atomic mass is 10.1. The maximum Gasteiger partial charge on any atom is 0.224 e. The second-order valence-corrected chi connectivity index (χ2v) is 5.91. The van der Waals surface area contributed by atoms with E-state index in [2.05, 4.69) is 15.8 Å². The number of hydrogen-bond donors (Lipinski definition) is 2. The van der Waals surface area contributed by atoms with Crippen molar-refractivity contribution in [2.75, 3.05) is 13.6 Å². The van der Waals surface area contributed by atoms with Gasteiger partial charge in [0.05, 0.1) is 17.7 Å². The molecule has 0 aliphatic carbocycles. The number of halogens is 1. The van der Waals surface area contributed by atoms with Crippen LogP contribution >= 0.6 is 12.4 Å². The van der Waals surface area contributed by atoms with Crippen LogP contribution in [0.1, 0.15) is 29.5 Å². The predicted octanol–water partition coefficient (Wildman–Crippen LogP) is 2.56. The molecule has 1 unspecified atom stereocenters. The Bertz CT molecular complexity index is 651. The normalized spacial score (nSPS) is 11.5. The van der Waals surface area contributed by atoms with Gasteiger partial charge in [0.25, 0.3) is 0 Å². The maximum absolute atomic E-state index is 11.9. The molecule has 0 fully saturated rings. The van der Waals surface area contributed by atoms with Crippen molar-refractivity contribution < 1.29 is 14.1 Å². The summed E-state index contributed by atoms with van der Waals surface area (Å²) in [5, 5.41) is 9.89. The Morgan fingerprint density at radius 1 is 1.28 bits per heavy atom. The van der Waals surface area contributed by atoms with Crippen LogP contribution in [0.3, 0.4) is 0 Å². The van der Waals surface area contributed by atoms with Gasteiger partial charge < -0.3 is 19.9 Å². The number of aromatic nitrogens is 1. The fourth-order valence-electron chi connectivity index (χ4n) is 2.18. The van der Waals surface area contributed by atoms with Gasteiger partial charge in [0.15, 0.2) is 0 Å². The number of hydrogen-bond acceptors (Lipinski definition) is 5. The average Bonchev–Trinajstić information content (AvgIpc) is 2.90. The van der Waals surface area contributed by atoms with E-state index in [1.807, 2.05) is 52.1 Å². The minimum absolute atomic E-state index is 0. The van der Waals surface area contributed by atoms with Crippen molar-refractivity contribution in [3.63, 3.8) is 0 Å². The number of carbonyl (C=O) groups excluding carboxylic acids is 1. The summed E-state index contributed by atoms with van der Waals surface area (Å²) >= 11 is 0. The molecule has 1 heterocycles. The molecule has 7 heteroatoms. The summed E-state index contributed by atoms with van der Waals surface area (Å²) in [7, 11) is 1.87.